The second-order valence-corrected chi connectivity index (χ2v) is 2.60. The zero-order valence-corrected chi connectivity index (χ0v) is 5.88. The van der Waals surface area contributed by atoms with Crippen LogP contribution in [0.5, 0.6) is 0 Å². The lowest BCUT2D eigenvalue weighted by atomic mass is 10.1. The van der Waals surface area contributed by atoms with Gasteiger partial charge in [0, 0.05) is 0 Å². The number of fused-ring (bicyclic) bond motifs is 1. The summed E-state index contributed by atoms with van der Waals surface area (Å²) in [6.07, 6.45) is 15.5. The first-order chi connectivity index (χ1) is 4.97. The molecule has 10 heavy (non-hydrogen) atoms. The van der Waals surface area contributed by atoms with E-state index < -0.39 is 0 Å². The molecule has 2 aliphatic carbocycles. The standard InChI is InChI=1S/C10H10/c1-2-5-9-7-4-8-10(9)6-3-1/h2-3,5-8H,1,4H2. The normalized spacial score (nSPS) is 21.6. The van der Waals surface area contributed by atoms with Crippen LogP contribution in [-0.4, -0.2) is 0 Å². The first kappa shape index (κ1) is 5.72. The number of rotatable bonds is 0. The molecule has 2 rings (SSSR count). The van der Waals surface area contributed by atoms with Gasteiger partial charge in [-0.15, -0.1) is 0 Å². The molecule has 0 aromatic carbocycles. The largest absolute Gasteiger partial charge is 0.0801 e. The monoisotopic (exact) mass is 130 g/mol. The van der Waals surface area contributed by atoms with Crippen LogP contribution < -0.4 is 0 Å². The van der Waals surface area contributed by atoms with Crippen molar-refractivity contribution in [1.29, 1.82) is 0 Å². The van der Waals surface area contributed by atoms with Crippen molar-refractivity contribution < 1.29 is 0 Å². The molecule has 50 valence electrons. The molecular weight excluding hydrogens is 120 g/mol. The molecule has 0 atom stereocenters. The highest BCUT2D eigenvalue weighted by Gasteiger charge is 2.04. The van der Waals surface area contributed by atoms with E-state index in [9.17, 15) is 0 Å². The zero-order chi connectivity index (χ0) is 6.81. The van der Waals surface area contributed by atoms with Gasteiger partial charge in [0.25, 0.3) is 0 Å². The Balaban J connectivity index is 2.42. The molecule has 0 fully saturated rings. The quantitative estimate of drug-likeness (QED) is 0.473. The van der Waals surface area contributed by atoms with Crippen LogP contribution in [0.15, 0.2) is 47.6 Å². The SMILES string of the molecule is C1=CC2=CCC=C2C=CC1. The molecule has 0 spiro atoms. The topological polar surface area (TPSA) is 0 Å². The van der Waals surface area contributed by atoms with Crippen molar-refractivity contribution in [2.45, 2.75) is 12.8 Å². The van der Waals surface area contributed by atoms with Crippen molar-refractivity contribution in [2.75, 3.05) is 0 Å². The first-order valence-electron chi connectivity index (χ1n) is 3.70. The molecule has 0 saturated carbocycles. The summed E-state index contributed by atoms with van der Waals surface area (Å²) < 4.78 is 0. The van der Waals surface area contributed by atoms with Gasteiger partial charge in [-0.2, -0.15) is 0 Å². The molecule has 0 heterocycles. The summed E-state index contributed by atoms with van der Waals surface area (Å²) in [6, 6.07) is 0. The van der Waals surface area contributed by atoms with Gasteiger partial charge in [-0.1, -0.05) is 36.5 Å². The second-order valence-electron chi connectivity index (χ2n) is 2.60. The third kappa shape index (κ3) is 0.860. The summed E-state index contributed by atoms with van der Waals surface area (Å²) in [7, 11) is 0. The van der Waals surface area contributed by atoms with Crippen LogP contribution in [-0.2, 0) is 0 Å². The molecule has 0 radical (unpaired) electrons. The Bertz CT molecular complexity index is 223. The van der Waals surface area contributed by atoms with Gasteiger partial charge in [-0.3, -0.25) is 0 Å². The van der Waals surface area contributed by atoms with Crippen molar-refractivity contribution in [2.24, 2.45) is 0 Å². The van der Waals surface area contributed by atoms with E-state index in [0.29, 0.717) is 0 Å². The van der Waals surface area contributed by atoms with Crippen LogP contribution in [0.2, 0.25) is 0 Å². The van der Waals surface area contributed by atoms with Crippen LogP contribution in [0.4, 0.5) is 0 Å². The molecule has 0 bridgehead atoms. The van der Waals surface area contributed by atoms with Crippen molar-refractivity contribution in [1.82, 2.24) is 0 Å². The van der Waals surface area contributed by atoms with Crippen LogP contribution >= 0.6 is 0 Å². The smallest absolute Gasteiger partial charge is 0.0151 e. The number of hydrogen-bond acceptors (Lipinski definition) is 0. The van der Waals surface area contributed by atoms with Gasteiger partial charge >= 0.3 is 0 Å². The number of allylic oxidation sites excluding steroid dienone is 8. The summed E-state index contributed by atoms with van der Waals surface area (Å²) in [4.78, 5) is 0. The Morgan fingerprint density at radius 2 is 1.40 bits per heavy atom. The zero-order valence-electron chi connectivity index (χ0n) is 5.88. The lowest BCUT2D eigenvalue weighted by Crippen LogP contribution is -1.73. The fourth-order valence-electron chi connectivity index (χ4n) is 1.35. The van der Waals surface area contributed by atoms with Gasteiger partial charge in [0.15, 0.2) is 0 Å². The molecule has 2 aliphatic rings. The molecule has 0 aromatic heterocycles. The Kier molecular flexibility index (Phi) is 1.31. The van der Waals surface area contributed by atoms with Gasteiger partial charge in [0.1, 0.15) is 0 Å². The van der Waals surface area contributed by atoms with Gasteiger partial charge in [-0.25, -0.2) is 0 Å². The van der Waals surface area contributed by atoms with E-state index in [-0.39, 0.29) is 0 Å². The Morgan fingerprint density at radius 3 is 2.00 bits per heavy atom. The predicted octanol–water partition coefficient (Wildman–Crippen LogP) is 2.76. The van der Waals surface area contributed by atoms with Gasteiger partial charge in [0.2, 0.25) is 0 Å². The molecule has 0 amide bonds. The van der Waals surface area contributed by atoms with Gasteiger partial charge < -0.3 is 0 Å². The minimum absolute atomic E-state index is 1.08. The lowest BCUT2D eigenvalue weighted by Gasteiger charge is -1.92. The molecule has 0 heteroatoms. The Labute approximate surface area is 61.3 Å². The first-order valence-corrected chi connectivity index (χ1v) is 3.70. The van der Waals surface area contributed by atoms with Crippen LogP contribution in [0.1, 0.15) is 12.8 Å². The van der Waals surface area contributed by atoms with Crippen molar-refractivity contribution >= 4 is 0 Å². The average Bonchev–Trinajstić information content (AvgIpc) is 2.28. The van der Waals surface area contributed by atoms with Crippen LogP contribution in [0, 0.1) is 0 Å². The summed E-state index contributed by atoms with van der Waals surface area (Å²) in [5.74, 6) is 0. The molecule has 0 nitrogen and oxygen atoms in total. The van der Waals surface area contributed by atoms with Crippen LogP contribution in [0.3, 0.4) is 0 Å². The maximum atomic E-state index is 2.27. The maximum absolute atomic E-state index is 2.27. The maximum Gasteiger partial charge on any atom is -0.0151 e. The minimum atomic E-state index is 1.08. The van der Waals surface area contributed by atoms with Gasteiger partial charge in [-0.05, 0) is 24.0 Å². The summed E-state index contributed by atoms with van der Waals surface area (Å²) in [6.45, 7) is 0. The van der Waals surface area contributed by atoms with E-state index in [1.165, 1.54) is 11.1 Å². The van der Waals surface area contributed by atoms with Crippen molar-refractivity contribution in [3.63, 3.8) is 0 Å². The van der Waals surface area contributed by atoms with E-state index in [1.54, 1.807) is 0 Å². The number of hydrogen-bond donors (Lipinski definition) is 0. The second kappa shape index (κ2) is 2.30. The minimum Gasteiger partial charge on any atom is -0.0801 e. The molecule has 0 N–H and O–H groups in total. The third-order valence-electron chi connectivity index (χ3n) is 1.88. The van der Waals surface area contributed by atoms with Crippen molar-refractivity contribution in [3.05, 3.63) is 47.6 Å². The fourth-order valence-corrected chi connectivity index (χ4v) is 1.35. The van der Waals surface area contributed by atoms with E-state index in [2.05, 4.69) is 36.5 Å². The van der Waals surface area contributed by atoms with E-state index in [1.807, 2.05) is 0 Å². The van der Waals surface area contributed by atoms with E-state index in [4.69, 9.17) is 0 Å². The lowest BCUT2D eigenvalue weighted by molar-refractivity contribution is 1.39. The summed E-state index contributed by atoms with van der Waals surface area (Å²) in [5, 5.41) is 0. The Hall–Kier alpha value is -1.04. The van der Waals surface area contributed by atoms with Crippen molar-refractivity contribution in [3.8, 4) is 0 Å². The molecule has 0 aliphatic heterocycles. The predicted molar refractivity (Wildman–Crippen MR) is 43.7 cm³/mol. The Morgan fingerprint density at radius 1 is 0.800 bits per heavy atom. The molecular formula is C10H10. The molecule has 0 aromatic rings. The van der Waals surface area contributed by atoms with E-state index in [0.717, 1.165) is 12.8 Å². The fraction of sp³-hybridized carbons (Fsp3) is 0.200. The third-order valence-corrected chi connectivity index (χ3v) is 1.88. The molecule has 0 saturated heterocycles. The summed E-state index contributed by atoms with van der Waals surface area (Å²) >= 11 is 0. The van der Waals surface area contributed by atoms with Crippen LogP contribution in [0.25, 0.3) is 0 Å². The highest BCUT2D eigenvalue weighted by Crippen LogP contribution is 2.23. The average molecular weight is 130 g/mol. The highest BCUT2D eigenvalue weighted by atomic mass is 14.1. The molecule has 0 unspecified atom stereocenters. The highest BCUT2D eigenvalue weighted by molar-refractivity contribution is 5.51. The summed E-state index contributed by atoms with van der Waals surface area (Å²) in [5.41, 5.74) is 2.79. The van der Waals surface area contributed by atoms with Gasteiger partial charge in [0.05, 0.1) is 0 Å². The van der Waals surface area contributed by atoms with E-state index >= 15 is 0 Å².